The molecule has 1 aliphatic carbocycles. The molecule has 32 heavy (non-hydrogen) atoms. The number of aromatic carboxylic acids is 1. The summed E-state index contributed by atoms with van der Waals surface area (Å²) in [4.78, 5) is 13.3. The number of fused-ring (bicyclic) bond motifs is 2. The zero-order chi connectivity index (χ0) is 22.5. The number of aryl methyl sites for hydroxylation is 2. The van der Waals surface area contributed by atoms with Crippen molar-refractivity contribution in [2.75, 3.05) is 20.6 Å². The second-order valence-electron chi connectivity index (χ2n) is 8.85. The first-order valence-electron chi connectivity index (χ1n) is 11.3. The lowest BCUT2D eigenvalue weighted by molar-refractivity contribution is 0.0697. The summed E-state index contributed by atoms with van der Waals surface area (Å²) >= 11 is 0. The second kappa shape index (κ2) is 10.0. The Balaban J connectivity index is 1.53. The molecule has 3 aromatic rings. The lowest BCUT2D eigenvalue weighted by Gasteiger charge is -2.22. The highest BCUT2D eigenvalue weighted by Gasteiger charge is 2.23. The summed E-state index contributed by atoms with van der Waals surface area (Å²) < 4.78 is 6.07. The van der Waals surface area contributed by atoms with E-state index in [1.165, 1.54) is 22.3 Å². The van der Waals surface area contributed by atoms with Gasteiger partial charge in [0.15, 0.2) is 0 Å². The molecule has 0 heterocycles. The molecule has 1 aliphatic rings. The summed E-state index contributed by atoms with van der Waals surface area (Å²) in [5, 5.41) is 9.05. The molecule has 1 N–H and O–H groups in total. The molecule has 4 nitrogen and oxygen atoms in total. The Morgan fingerprint density at radius 3 is 2.44 bits per heavy atom. The van der Waals surface area contributed by atoms with E-state index in [4.69, 9.17) is 9.84 Å². The molecule has 0 radical (unpaired) electrons. The van der Waals surface area contributed by atoms with E-state index in [9.17, 15) is 4.79 Å². The molecule has 0 fully saturated rings. The van der Waals surface area contributed by atoms with E-state index in [0.29, 0.717) is 18.1 Å². The minimum Gasteiger partial charge on any atom is -0.489 e. The van der Waals surface area contributed by atoms with Gasteiger partial charge in [-0.25, -0.2) is 4.79 Å². The van der Waals surface area contributed by atoms with Crippen LogP contribution in [-0.2, 0) is 19.4 Å². The number of hydrogen-bond acceptors (Lipinski definition) is 3. The summed E-state index contributed by atoms with van der Waals surface area (Å²) in [5.41, 5.74) is 6.97. The fourth-order valence-corrected chi connectivity index (χ4v) is 4.60. The molecule has 1 atom stereocenters. The second-order valence-corrected chi connectivity index (χ2v) is 8.85. The van der Waals surface area contributed by atoms with Crippen LogP contribution in [-0.4, -0.2) is 36.6 Å². The molecular formula is C28H31NO3. The van der Waals surface area contributed by atoms with Gasteiger partial charge in [0.1, 0.15) is 12.4 Å². The Morgan fingerprint density at radius 2 is 1.69 bits per heavy atom. The maximum atomic E-state index is 11.0. The summed E-state index contributed by atoms with van der Waals surface area (Å²) in [5.74, 6) is 0.370. The summed E-state index contributed by atoms with van der Waals surface area (Å²) in [6.45, 7) is 1.51. The van der Waals surface area contributed by atoms with Crippen LogP contribution in [0.25, 0.3) is 0 Å². The smallest absolute Gasteiger partial charge is 0.335 e. The number of carbonyl (C=O) groups is 1. The third-order valence-electron chi connectivity index (χ3n) is 6.29. The van der Waals surface area contributed by atoms with E-state index in [1.807, 2.05) is 12.1 Å². The van der Waals surface area contributed by atoms with Crippen LogP contribution >= 0.6 is 0 Å². The molecule has 0 bridgehead atoms. The number of carboxylic acids is 1. The predicted molar refractivity (Wildman–Crippen MR) is 128 cm³/mol. The highest BCUT2D eigenvalue weighted by Crippen LogP contribution is 2.38. The fourth-order valence-electron chi connectivity index (χ4n) is 4.60. The van der Waals surface area contributed by atoms with Gasteiger partial charge in [-0.1, -0.05) is 42.5 Å². The van der Waals surface area contributed by atoms with Crippen molar-refractivity contribution in [2.24, 2.45) is 0 Å². The van der Waals surface area contributed by atoms with Gasteiger partial charge >= 0.3 is 5.97 Å². The van der Waals surface area contributed by atoms with Crippen molar-refractivity contribution in [3.05, 3.63) is 100 Å². The topological polar surface area (TPSA) is 49.8 Å². The van der Waals surface area contributed by atoms with E-state index >= 15 is 0 Å². The quantitative estimate of drug-likeness (QED) is 0.511. The van der Waals surface area contributed by atoms with Crippen LogP contribution in [0.1, 0.15) is 56.9 Å². The van der Waals surface area contributed by atoms with Crippen LogP contribution in [0.15, 0.2) is 66.7 Å². The molecular weight excluding hydrogens is 398 g/mol. The largest absolute Gasteiger partial charge is 0.489 e. The zero-order valence-corrected chi connectivity index (χ0v) is 18.9. The van der Waals surface area contributed by atoms with E-state index in [2.05, 4.69) is 61.5 Å². The first-order valence-corrected chi connectivity index (χ1v) is 11.3. The normalized spacial score (nSPS) is 15.0. The van der Waals surface area contributed by atoms with Crippen molar-refractivity contribution in [3.8, 4) is 5.75 Å². The van der Waals surface area contributed by atoms with Gasteiger partial charge in [0.25, 0.3) is 0 Å². The Hall–Kier alpha value is -3.11. The van der Waals surface area contributed by atoms with E-state index in [-0.39, 0.29) is 0 Å². The lowest BCUT2D eigenvalue weighted by Crippen LogP contribution is -2.14. The number of rotatable bonds is 8. The van der Waals surface area contributed by atoms with Crippen LogP contribution in [0.5, 0.6) is 5.75 Å². The summed E-state index contributed by atoms with van der Waals surface area (Å²) in [6, 6.07) is 22.3. The predicted octanol–water partition coefficient (Wildman–Crippen LogP) is 5.54. The van der Waals surface area contributed by atoms with Crippen molar-refractivity contribution in [2.45, 2.75) is 38.2 Å². The molecule has 4 rings (SSSR count). The fraction of sp³-hybridized carbons (Fsp3) is 0.321. The number of ether oxygens (including phenoxy) is 1. The molecule has 0 saturated carbocycles. The monoisotopic (exact) mass is 429 g/mol. The van der Waals surface area contributed by atoms with E-state index in [1.54, 1.807) is 12.1 Å². The van der Waals surface area contributed by atoms with Crippen LogP contribution in [0.3, 0.4) is 0 Å². The third kappa shape index (κ3) is 5.20. The van der Waals surface area contributed by atoms with Crippen molar-refractivity contribution in [1.29, 1.82) is 0 Å². The maximum Gasteiger partial charge on any atom is 0.335 e. The van der Waals surface area contributed by atoms with Crippen LogP contribution in [0, 0.1) is 0 Å². The molecule has 3 aromatic carbocycles. The van der Waals surface area contributed by atoms with Gasteiger partial charge in [0, 0.05) is 5.92 Å². The average molecular weight is 430 g/mol. The highest BCUT2D eigenvalue weighted by atomic mass is 16.5. The molecule has 1 unspecified atom stereocenters. The molecule has 0 aromatic heterocycles. The van der Waals surface area contributed by atoms with Crippen molar-refractivity contribution in [3.63, 3.8) is 0 Å². The van der Waals surface area contributed by atoms with Crippen LogP contribution in [0.2, 0.25) is 0 Å². The molecule has 166 valence electrons. The molecule has 0 amide bonds. The van der Waals surface area contributed by atoms with Gasteiger partial charge in [0.2, 0.25) is 0 Å². The van der Waals surface area contributed by atoms with Crippen LogP contribution < -0.4 is 4.74 Å². The Kier molecular flexibility index (Phi) is 6.91. The standard InChI is InChI=1S/C28H31NO3/c1-29(2)17-5-8-27-25-7-4-3-6-21(25)13-14-23-18-24(15-16-26(23)27)32-19-20-9-11-22(12-10-20)28(30)31/h3-4,6-7,9-12,15-16,18,27H,5,8,13-14,17,19H2,1-2H3,(H,30,31). The summed E-state index contributed by atoms with van der Waals surface area (Å²) in [7, 11) is 4.27. The first kappa shape index (κ1) is 22.1. The molecule has 0 spiro atoms. The first-order chi connectivity index (χ1) is 15.5. The van der Waals surface area contributed by atoms with Gasteiger partial charge in [-0.15, -0.1) is 0 Å². The minimum absolute atomic E-state index is 0.290. The molecule has 0 aliphatic heterocycles. The van der Waals surface area contributed by atoms with Crippen molar-refractivity contribution >= 4 is 5.97 Å². The Morgan fingerprint density at radius 1 is 0.969 bits per heavy atom. The number of nitrogens with zero attached hydrogens (tertiary/aromatic N) is 1. The van der Waals surface area contributed by atoms with E-state index in [0.717, 1.165) is 43.5 Å². The van der Waals surface area contributed by atoms with Gasteiger partial charge in [-0.05, 0) is 98.4 Å². The average Bonchev–Trinajstić information content (AvgIpc) is 2.95. The number of benzene rings is 3. The third-order valence-corrected chi connectivity index (χ3v) is 6.29. The Bertz CT molecular complexity index is 1070. The highest BCUT2D eigenvalue weighted by molar-refractivity contribution is 5.87. The van der Waals surface area contributed by atoms with E-state index < -0.39 is 5.97 Å². The maximum absolute atomic E-state index is 11.0. The number of hydrogen-bond donors (Lipinski definition) is 1. The molecule has 0 saturated heterocycles. The van der Waals surface area contributed by atoms with Gasteiger partial charge in [0.05, 0.1) is 5.56 Å². The minimum atomic E-state index is -0.913. The van der Waals surface area contributed by atoms with Gasteiger partial charge in [-0.2, -0.15) is 0 Å². The van der Waals surface area contributed by atoms with Crippen LogP contribution in [0.4, 0.5) is 0 Å². The van der Waals surface area contributed by atoms with Gasteiger partial charge in [-0.3, -0.25) is 0 Å². The zero-order valence-electron chi connectivity index (χ0n) is 18.9. The van der Waals surface area contributed by atoms with Gasteiger partial charge < -0.3 is 14.7 Å². The van der Waals surface area contributed by atoms with Crippen molar-refractivity contribution < 1.29 is 14.6 Å². The molecule has 4 heteroatoms. The summed E-state index contributed by atoms with van der Waals surface area (Å²) in [6.07, 6.45) is 4.36. The SMILES string of the molecule is CN(C)CCCC1c2ccccc2CCc2cc(OCc3ccc(C(=O)O)cc3)ccc21. The lowest BCUT2D eigenvalue weighted by atomic mass is 9.84. The Labute approximate surface area is 190 Å². The number of carboxylic acid groups (broad SMARTS) is 1. The van der Waals surface area contributed by atoms with Crippen molar-refractivity contribution in [1.82, 2.24) is 4.90 Å².